The fraction of sp³-hybridized carbons (Fsp3) is 0.0267. The number of nitrogens with zero attached hydrogens (tertiary/aromatic N) is 8. The molecule has 16 aromatic rings. The van der Waals surface area contributed by atoms with Crippen molar-refractivity contribution in [3.63, 3.8) is 0 Å². The van der Waals surface area contributed by atoms with Gasteiger partial charge in [-0.15, -0.1) is 0 Å². The van der Waals surface area contributed by atoms with Gasteiger partial charge in [-0.2, -0.15) is 0 Å². The Labute approximate surface area is 478 Å². The van der Waals surface area contributed by atoms with Gasteiger partial charge in [-0.1, -0.05) is 176 Å². The number of para-hydroxylation sites is 5. The number of fused-ring (bicyclic) bond motifs is 9. The van der Waals surface area contributed by atoms with E-state index in [1.165, 1.54) is 21.5 Å². The highest BCUT2D eigenvalue weighted by atomic mass is 15.0. The summed E-state index contributed by atoms with van der Waals surface area (Å²) >= 11 is 0. The number of hydrogen-bond acceptors (Lipinski definition) is 5. The average molecular weight is 1060 g/mol. The highest BCUT2D eigenvalue weighted by Gasteiger charge is 2.25. The topological polar surface area (TPSA) is 79.2 Å². The van der Waals surface area contributed by atoms with Gasteiger partial charge in [-0.05, 0) is 116 Å². The Morgan fingerprint density at radius 1 is 0.241 bits per heavy atom. The summed E-state index contributed by atoms with van der Waals surface area (Å²) in [7, 11) is 0. The third kappa shape index (κ3) is 8.02. The second-order valence-corrected chi connectivity index (χ2v) is 21.3. The lowest BCUT2D eigenvalue weighted by Gasteiger charge is -2.22. The van der Waals surface area contributed by atoms with Gasteiger partial charge in [-0.25, -0.2) is 24.9 Å². The molecule has 0 N–H and O–H groups in total. The molecule has 5 heterocycles. The summed E-state index contributed by atoms with van der Waals surface area (Å²) in [5.74, 6) is 2.64. The fourth-order valence-electron chi connectivity index (χ4n) is 12.7. The van der Waals surface area contributed by atoms with Crippen LogP contribution in [0.5, 0.6) is 0 Å². The molecule has 0 aliphatic rings. The van der Waals surface area contributed by atoms with Crippen LogP contribution in [0.3, 0.4) is 0 Å². The summed E-state index contributed by atoms with van der Waals surface area (Å²) in [5.41, 5.74) is 19.4. The summed E-state index contributed by atoms with van der Waals surface area (Å²) in [6, 6.07) is 95.9. The first-order valence-corrected chi connectivity index (χ1v) is 28.1. The Morgan fingerprint density at radius 3 is 1.07 bits per heavy atom. The van der Waals surface area contributed by atoms with Crippen LogP contribution in [0.4, 0.5) is 0 Å². The molecule has 83 heavy (non-hydrogen) atoms. The van der Waals surface area contributed by atoms with Gasteiger partial charge >= 0.3 is 0 Å². The first-order valence-electron chi connectivity index (χ1n) is 28.1. The van der Waals surface area contributed by atoms with Gasteiger partial charge in [0.1, 0.15) is 11.6 Å². The molecule has 8 nitrogen and oxygen atoms in total. The zero-order valence-corrected chi connectivity index (χ0v) is 45.5. The molecular formula is C75H50N8. The minimum Gasteiger partial charge on any atom is -0.309 e. The maximum absolute atomic E-state index is 5.52. The predicted octanol–water partition coefficient (Wildman–Crippen LogP) is 18.6. The first kappa shape index (κ1) is 47.9. The third-order valence-electron chi connectivity index (χ3n) is 16.2. The summed E-state index contributed by atoms with van der Waals surface area (Å²) in [5, 5.41) is 7.02. The van der Waals surface area contributed by atoms with E-state index in [1.54, 1.807) is 0 Å². The van der Waals surface area contributed by atoms with Crippen LogP contribution in [0, 0.1) is 13.8 Å². The quantitative estimate of drug-likeness (QED) is 0.144. The van der Waals surface area contributed by atoms with Gasteiger partial charge in [-0.3, -0.25) is 0 Å². The second kappa shape index (κ2) is 19.3. The third-order valence-corrected chi connectivity index (χ3v) is 16.2. The largest absolute Gasteiger partial charge is 0.309 e. The molecule has 0 aliphatic heterocycles. The second-order valence-electron chi connectivity index (χ2n) is 21.3. The molecule has 0 saturated heterocycles. The van der Waals surface area contributed by atoms with Crippen molar-refractivity contribution in [2.45, 2.75) is 13.8 Å². The molecule has 16 rings (SSSR count). The molecule has 5 aromatic heterocycles. The molecule has 11 aromatic carbocycles. The Balaban J connectivity index is 1.04. The van der Waals surface area contributed by atoms with E-state index in [0.29, 0.717) is 23.3 Å². The molecule has 0 bridgehead atoms. The van der Waals surface area contributed by atoms with Gasteiger partial charge in [0.05, 0.1) is 50.2 Å². The number of aryl methyl sites for hydroxylation is 2. The molecular weight excluding hydrogens is 1010 g/mol. The SMILES string of the molecule is Cc1nc(C)nc(-c2ccc3c(c2)c2ccccc2n3-c2c(-c3cccc(-n4c5ccccc5c5ccccc54)c3)cc(-c3nc(-c4ccccc4)cc(-c4ccccc4)n3)cc2-c2cccc(-n3c4ccccc4c4ccccc43)c2)n1. The van der Waals surface area contributed by atoms with E-state index < -0.39 is 0 Å². The molecule has 0 radical (unpaired) electrons. The average Bonchev–Trinajstić information content (AvgIpc) is 3.95. The normalized spacial score (nSPS) is 11.7. The van der Waals surface area contributed by atoms with E-state index in [9.17, 15) is 0 Å². The first-order chi connectivity index (χ1) is 41.0. The highest BCUT2D eigenvalue weighted by Crippen LogP contribution is 2.46. The summed E-state index contributed by atoms with van der Waals surface area (Å²) < 4.78 is 7.28. The monoisotopic (exact) mass is 1060 g/mol. The zero-order valence-electron chi connectivity index (χ0n) is 45.5. The lowest BCUT2D eigenvalue weighted by atomic mass is 9.91. The molecule has 0 unspecified atom stereocenters. The Bertz CT molecular complexity index is 4880. The molecule has 0 amide bonds. The van der Waals surface area contributed by atoms with Crippen molar-refractivity contribution in [1.29, 1.82) is 0 Å². The Kier molecular flexibility index (Phi) is 11.1. The van der Waals surface area contributed by atoms with Gasteiger partial charge in [0, 0.05) is 77.1 Å². The molecule has 0 saturated carbocycles. The van der Waals surface area contributed by atoms with Gasteiger partial charge < -0.3 is 13.7 Å². The van der Waals surface area contributed by atoms with Gasteiger partial charge in [0.15, 0.2) is 11.6 Å². The van der Waals surface area contributed by atoms with Crippen LogP contribution >= 0.6 is 0 Å². The van der Waals surface area contributed by atoms with E-state index in [0.717, 1.165) is 117 Å². The molecule has 8 heteroatoms. The van der Waals surface area contributed by atoms with E-state index in [4.69, 9.17) is 19.9 Å². The standard InChI is InChI=1S/C75H50N8/c1-47-76-48(2)78-74(77-47)53-39-40-72-64(43-53)61-33-13-18-38-71(61)83(72)73-62(51-25-19-27-55(41-51)81-67-34-14-9-29-57(67)58-30-10-15-35-68(58)81)44-54(75-79-65(49-21-5-3-6-22-49)46-66(80-75)50-23-7-4-8-24-50)45-63(73)52-26-20-28-56(42-52)82-69-36-16-11-31-59(69)60-32-12-17-37-70(60)82/h3-46H,1-2H3. The molecule has 0 fully saturated rings. The van der Waals surface area contributed by atoms with Crippen LogP contribution < -0.4 is 0 Å². The molecule has 0 atom stereocenters. The summed E-state index contributed by atoms with van der Waals surface area (Å²) in [4.78, 5) is 25.3. The highest BCUT2D eigenvalue weighted by molar-refractivity contribution is 6.13. The van der Waals surface area contributed by atoms with Crippen LogP contribution in [0.25, 0.3) is 150 Å². The van der Waals surface area contributed by atoms with Crippen molar-refractivity contribution in [3.8, 4) is 84.6 Å². The van der Waals surface area contributed by atoms with Crippen LogP contribution in [-0.2, 0) is 0 Å². The summed E-state index contributed by atoms with van der Waals surface area (Å²) in [6.07, 6.45) is 0. The van der Waals surface area contributed by atoms with Crippen molar-refractivity contribution in [2.75, 3.05) is 0 Å². The number of rotatable bonds is 9. The van der Waals surface area contributed by atoms with Crippen LogP contribution in [-0.4, -0.2) is 38.6 Å². The summed E-state index contributed by atoms with van der Waals surface area (Å²) in [6.45, 7) is 3.85. The maximum Gasteiger partial charge on any atom is 0.163 e. The van der Waals surface area contributed by atoms with E-state index in [2.05, 4.69) is 273 Å². The van der Waals surface area contributed by atoms with Crippen molar-refractivity contribution in [2.24, 2.45) is 0 Å². The van der Waals surface area contributed by atoms with E-state index in [1.807, 2.05) is 26.0 Å². The fourth-order valence-corrected chi connectivity index (χ4v) is 12.7. The lowest BCUT2D eigenvalue weighted by molar-refractivity contribution is 0.929. The van der Waals surface area contributed by atoms with Gasteiger partial charge in [0.25, 0.3) is 0 Å². The molecule has 0 spiro atoms. The van der Waals surface area contributed by atoms with E-state index >= 15 is 0 Å². The Hall–Kier alpha value is -11.1. The number of hydrogen-bond donors (Lipinski definition) is 0. The van der Waals surface area contributed by atoms with Crippen molar-refractivity contribution in [1.82, 2.24) is 38.6 Å². The Morgan fingerprint density at radius 2 is 0.614 bits per heavy atom. The number of aromatic nitrogens is 8. The van der Waals surface area contributed by atoms with Crippen LogP contribution in [0.15, 0.2) is 267 Å². The smallest absolute Gasteiger partial charge is 0.163 e. The molecule has 0 aliphatic carbocycles. The predicted molar refractivity (Wildman–Crippen MR) is 341 cm³/mol. The van der Waals surface area contributed by atoms with Crippen LogP contribution in [0.1, 0.15) is 11.6 Å². The minimum absolute atomic E-state index is 0.617. The van der Waals surface area contributed by atoms with E-state index in [-0.39, 0.29) is 0 Å². The molecule has 390 valence electrons. The van der Waals surface area contributed by atoms with Crippen molar-refractivity contribution < 1.29 is 0 Å². The van der Waals surface area contributed by atoms with Gasteiger partial charge in [0.2, 0.25) is 0 Å². The minimum atomic E-state index is 0.617. The van der Waals surface area contributed by atoms with Crippen molar-refractivity contribution in [3.05, 3.63) is 279 Å². The van der Waals surface area contributed by atoms with Crippen molar-refractivity contribution >= 4 is 65.4 Å². The zero-order chi connectivity index (χ0) is 55.1. The van der Waals surface area contributed by atoms with Crippen LogP contribution in [0.2, 0.25) is 0 Å². The number of benzene rings is 11. The maximum atomic E-state index is 5.52. The lowest BCUT2D eigenvalue weighted by Crippen LogP contribution is -2.04.